The molecule has 1 aliphatic carbocycles. The summed E-state index contributed by atoms with van der Waals surface area (Å²) in [4.78, 5) is 32.6. The van der Waals surface area contributed by atoms with Crippen molar-refractivity contribution in [2.75, 3.05) is 6.54 Å². The molecule has 2 aliphatic rings. The summed E-state index contributed by atoms with van der Waals surface area (Å²) in [5, 5.41) is 0. The summed E-state index contributed by atoms with van der Waals surface area (Å²) in [5.74, 6) is 0.0986. The van der Waals surface area contributed by atoms with Gasteiger partial charge in [0.2, 0.25) is 0 Å². The van der Waals surface area contributed by atoms with Crippen LogP contribution in [0.15, 0.2) is 42.9 Å². The molecule has 2 bridgehead atoms. The van der Waals surface area contributed by atoms with Gasteiger partial charge < -0.3 is 9.88 Å². The van der Waals surface area contributed by atoms with E-state index < -0.39 is 0 Å². The molecule has 6 nitrogen and oxygen atoms in total. The third-order valence-electron chi connectivity index (χ3n) is 8.31. The van der Waals surface area contributed by atoms with Gasteiger partial charge in [-0.2, -0.15) is 0 Å². The molecule has 0 spiro atoms. The highest BCUT2D eigenvalue weighted by Crippen LogP contribution is 2.56. The van der Waals surface area contributed by atoms with Crippen molar-refractivity contribution in [1.82, 2.24) is 24.8 Å². The molecule has 0 saturated carbocycles. The number of rotatable bonds is 1. The number of nitrogens with zero attached hydrogens (tertiary/aromatic N) is 4. The monoisotopic (exact) mass is 425 g/mol. The first kappa shape index (κ1) is 19.4. The van der Waals surface area contributed by atoms with Gasteiger partial charge in [0.05, 0.1) is 34.1 Å². The summed E-state index contributed by atoms with van der Waals surface area (Å²) >= 11 is 0. The van der Waals surface area contributed by atoms with Crippen molar-refractivity contribution < 1.29 is 4.79 Å². The molecule has 2 aromatic carbocycles. The Morgan fingerprint density at radius 2 is 1.94 bits per heavy atom. The van der Waals surface area contributed by atoms with Gasteiger partial charge in [0.1, 0.15) is 0 Å². The molecule has 1 fully saturated rings. The fourth-order valence-electron chi connectivity index (χ4n) is 5.99. The number of hydrogen-bond donors (Lipinski definition) is 1. The maximum absolute atomic E-state index is 13.7. The molecule has 1 amide bonds. The number of amides is 1. The van der Waals surface area contributed by atoms with Gasteiger partial charge in [-0.3, -0.25) is 9.78 Å². The number of fused-ring (bicyclic) bond motifs is 6. The van der Waals surface area contributed by atoms with Crippen LogP contribution < -0.4 is 0 Å². The highest BCUT2D eigenvalue weighted by Gasteiger charge is 2.57. The number of hydrogen-bond acceptors (Lipinski definition) is 4. The van der Waals surface area contributed by atoms with Gasteiger partial charge in [-0.25, -0.2) is 9.97 Å². The minimum Gasteiger partial charge on any atom is -0.345 e. The van der Waals surface area contributed by atoms with Crippen LogP contribution in [0.3, 0.4) is 0 Å². The third kappa shape index (κ3) is 2.52. The Hall–Kier alpha value is -3.28. The number of aryl methyl sites for hydroxylation is 1. The van der Waals surface area contributed by atoms with E-state index in [2.05, 4.69) is 52.8 Å². The van der Waals surface area contributed by atoms with E-state index in [1.807, 2.05) is 31.3 Å². The van der Waals surface area contributed by atoms with Crippen LogP contribution in [0.2, 0.25) is 0 Å². The topological polar surface area (TPSA) is 74.8 Å². The van der Waals surface area contributed by atoms with Crippen LogP contribution >= 0.6 is 0 Å². The van der Waals surface area contributed by atoms with Crippen molar-refractivity contribution in [2.24, 2.45) is 5.41 Å². The second kappa shape index (κ2) is 6.37. The number of imidazole rings is 1. The molecule has 0 radical (unpaired) electrons. The summed E-state index contributed by atoms with van der Waals surface area (Å²) in [6.45, 7) is 9.74. The Bertz CT molecular complexity index is 1400. The van der Waals surface area contributed by atoms with Crippen LogP contribution in [0.4, 0.5) is 0 Å². The molecule has 1 N–H and O–H groups in total. The largest absolute Gasteiger partial charge is 0.345 e. The van der Waals surface area contributed by atoms with E-state index in [1.54, 1.807) is 6.33 Å². The lowest BCUT2D eigenvalue weighted by molar-refractivity contribution is -0.0261. The Morgan fingerprint density at radius 1 is 1.09 bits per heavy atom. The molecule has 6 heteroatoms. The van der Waals surface area contributed by atoms with Gasteiger partial charge in [-0.15, -0.1) is 0 Å². The van der Waals surface area contributed by atoms with E-state index in [0.29, 0.717) is 5.56 Å². The molecule has 6 rings (SSSR count). The van der Waals surface area contributed by atoms with Crippen LogP contribution in [0.25, 0.3) is 22.1 Å². The zero-order chi connectivity index (χ0) is 22.3. The van der Waals surface area contributed by atoms with Crippen LogP contribution in [0, 0.1) is 12.3 Å². The van der Waals surface area contributed by atoms with E-state index in [9.17, 15) is 4.79 Å². The highest BCUT2D eigenvalue weighted by atomic mass is 16.2. The van der Waals surface area contributed by atoms with E-state index >= 15 is 0 Å². The first-order valence-corrected chi connectivity index (χ1v) is 11.3. The first-order chi connectivity index (χ1) is 15.3. The lowest BCUT2D eigenvalue weighted by Crippen LogP contribution is -2.64. The molecule has 162 valence electrons. The second-order valence-corrected chi connectivity index (χ2v) is 10.2. The van der Waals surface area contributed by atoms with Crippen molar-refractivity contribution in [3.05, 3.63) is 65.2 Å². The van der Waals surface area contributed by atoms with Crippen molar-refractivity contribution in [3.63, 3.8) is 0 Å². The summed E-state index contributed by atoms with van der Waals surface area (Å²) in [6, 6.07) is 10.3. The summed E-state index contributed by atoms with van der Waals surface area (Å²) in [6.07, 6.45) is 5.26. The molecule has 2 unspecified atom stereocenters. The van der Waals surface area contributed by atoms with E-state index in [0.717, 1.165) is 47.1 Å². The van der Waals surface area contributed by atoms with Gasteiger partial charge in [0.25, 0.3) is 5.91 Å². The molecule has 2 atom stereocenters. The van der Waals surface area contributed by atoms with Crippen LogP contribution in [-0.2, 0) is 11.8 Å². The summed E-state index contributed by atoms with van der Waals surface area (Å²) < 4.78 is 0. The van der Waals surface area contributed by atoms with Gasteiger partial charge in [-0.05, 0) is 66.6 Å². The number of benzene rings is 2. The molecule has 3 heterocycles. The van der Waals surface area contributed by atoms with Crippen molar-refractivity contribution in [3.8, 4) is 0 Å². The van der Waals surface area contributed by atoms with Crippen LogP contribution in [0.5, 0.6) is 0 Å². The number of aromatic amines is 1. The molecule has 4 aromatic rings. The standard InChI is InChI=1S/C26H27N5O/c1-15-13-27-21-12-18-17(10-22(21)30-15)11-23-25(2,3)26(18,4)7-8-31(23)24(32)16-5-6-19-20(9-16)29-14-28-19/h5-6,9-10,12-14,23H,7-8,11H2,1-4H3,(H,28,29). The van der Waals surface area contributed by atoms with Crippen molar-refractivity contribution in [1.29, 1.82) is 0 Å². The lowest BCUT2D eigenvalue weighted by atomic mass is 9.51. The molecular weight excluding hydrogens is 398 g/mol. The molecule has 32 heavy (non-hydrogen) atoms. The van der Waals surface area contributed by atoms with Gasteiger partial charge in [0.15, 0.2) is 0 Å². The van der Waals surface area contributed by atoms with Crippen LogP contribution in [-0.4, -0.2) is 43.3 Å². The second-order valence-electron chi connectivity index (χ2n) is 10.2. The van der Waals surface area contributed by atoms with E-state index in [-0.39, 0.29) is 22.8 Å². The smallest absolute Gasteiger partial charge is 0.254 e. The Balaban J connectivity index is 1.45. The fourth-order valence-corrected chi connectivity index (χ4v) is 5.99. The summed E-state index contributed by atoms with van der Waals surface area (Å²) in [5.41, 5.74) is 7.87. The van der Waals surface area contributed by atoms with E-state index in [1.165, 1.54) is 11.1 Å². The average Bonchev–Trinajstić information content (AvgIpc) is 3.23. The van der Waals surface area contributed by atoms with Crippen molar-refractivity contribution >= 4 is 28.0 Å². The average molecular weight is 426 g/mol. The number of piperidine rings is 1. The highest BCUT2D eigenvalue weighted by molar-refractivity contribution is 5.97. The molecular formula is C26H27N5O. The molecule has 2 aromatic heterocycles. The Kier molecular flexibility index (Phi) is 3.87. The third-order valence-corrected chi connectivity index (χ3v) is 8.31. The maximum atomic E-state index is 13.7. The summed E-state index contributed by atoms with van der Waals surface area (Å²) in [7, 11) is 0. The number of carbonyl (C=O) groups excluding carboxylic acids is 1. The molecule has 1 aliphatic heterocycles. The predicted octanol–water partition coefficient (Wildman–Crippen LogP) is 4.57. The number of likely N-dealkylation sites (tertiary alicyclic amines) is 1. The molecule has 1 saturated heterocycles. The van der Waals surface area contributed by atoms with E-state index in [4.69, 9.17) is 4.98 Å². The van der Waals surface area contributed by atoms with Gasteiger partial charge in [-0.1, -0.05) is 20.8 Å². The quantitative estimate of drug-likeness (QED) is 0.485. The number of nitrogens with one attached hydrogen (secondary N) is 1. The SMILES string of the molecule is Cc1cnc2cc3c(cc2n1)CC1N(C(=O)c2ccc4nc[nH]c4c2)CCC3(C)C1(C)C. The Morgan fingerprint density at radius 3 is 2.78 bits per heavy atom. The zero-order valence-electron chi connectivity index (χ0n) is 18.9. The first-order valence-electron chi connectivity index (χ1n) is 11.3. The van der Waals surface area contributed by atoms with Crippen molar-refractivity contribution in [2.45, 2.75) is 52.0 Å². The number of carbonyl (C=O) groups is 1. The van der Waals surface area contributed by atoms with Gasteiger partial charge in [0, 0.05) is 29.8 Å². The minimum atomic E-state index is -0.0716. The Labute approximate surface area is 187 Å². The van der Waals surface area contributed by atoms with Crippen LogP contribution in [0.1, 0.15) is 54.4 Å². The maximum Gasteiger partial charge on any atom is 0.254 e. The number of H-pyrrole nitrogens is 1. The fraction of sp³-hybridized carbons (Fsp3) is 0.385. The number of aromatic nitrogens is 4. The normalized spacial score (nSPS) is 24.0. The van der Waals surface area contributed by atoms with Gasteiger partial charge >= 0.3 is 0 Å². The lowest BCUT2D eigenvalue weighted by Gasteiger charge is -2.60. The minimum absolute atomic E-state index is 0.0316. The predicted molar refractivity (Wildman–Crippen MR) is 125 cm³/mol. The zero-order valence-corrected chi connectivity index (χ0v) is 18.9.